The van der Waals surface area contributed by atoms with Crippen LogP contribution in [-0.4, -0.2) is 48.8 Å². The third-order valence-electron chi connectivity index (χ3n) is 3.78. The first-order valence-electron chi connectivity index (χ1n) is 6.45. The van der Waals surface area contributed by atoms with Gasteiger partial charge >= 0.3 is 0 Å². The molecular weight excluding hydrogens is 292 g/mol. The molecule has 2 unspecified atom stereocenters. The van der Waals surface area contributed by atoms with Crippen LogP contribution in [0.2, 0.25) is 0 Å². The fourth-order valence-corrected chi connectivity index (χ4v) is 3.07. The van der Waals surface area contributed by atoms with Crippen molar-refractivity contribution in [2.75, 3.05) is 31.6 Å². The summed E-state index contributed by atoms with van der Waals surface area (Å²) in [5, 5.41) is 9.25. The van der Waals surface area contributed by atoms with Gasteiger partial charge in [0.1, 0.15) is 0 Å². The number of hydrogen-bond acceptors (Lipinski definition) is 3. The van der Waals surface area contributed by atoms with Crippen LogP contribution in [0.3, 0.4) is 0 Å². The van der Waals surface area contributed by atoms with Crippen molar-refractivity contribution < 1.29 is 5.11 Å². The largest absolute Gasteiger partial charge is 0.396 e. The van der Waals surface area contributed by atoms with E-state index in [1.54, 1.807) is 0 Å². The van der Waals surface area contributed by atoms with Crippen molar-refractivity contribution in [3.8, 4) is 0 Å². The van der Waals surface area contributed by atoms with Crippen molar-refractivity contribution in [2.45, 2.75) is 25.4 Å². The molecule has 0 aromatic heterocycles. The lowest BCUT2D eigenvalue weighted by atomic mass is 10.0. The van der Waals surface area contributed by atoms with Gasteiger partial charge in [-0.3, -0.25) is 4.90 Å². The third kappa shape index (κ3) is 2.87. The van der Waals surface area contributed by atoms with Gasteiger partial charge in [-0.2, -0.15) is 0 Å². The number of benzene rings is 1. The van der Waals surface area contributed by atoms with Gasteiger partial charge in [-0.1, -0.05) is 12.1 Å². The van der Waals surface area contributed by atoms with E-state index in [0.717, 1.165) is 24.0 Å². The number of piperazine rings is 1. The number of halogens is 1. The Labute approximate surface area is 118 Å². The number of hydrogen-bond donors (Lipinski definition) is 1. The number of aliphatic hydroxyl groups is 1. The summed E-state index contributed by atoms with van der Waals surface area (Å²) in [6.45, 7) is 4.50. The molecule has 1 N–H and O–H groups in total. The van der Waals surface area contributed by atoms with E-state index in [0.29, 0.717) is 12.1 Å². The standard InChI is InChI=1S/C14H21BrN2O/c1-11-9-17(12(7-8-18)10-16(11)2)14-6-4-3-5-13(14)15/h3-6,11-12,18H,7-10H2,1-2H3. The van der Waals surface area contributed by atoms with Crippen LogP contribution in [0.1, 0.15) is 13.3 Å². The first-order valence-corrected chi connectivity index (χ1v) is 7.25. The van der Waals surface area contributed by atoms with E-state index in [4.69, 9.17) is 0 Å². The topological polar surface area (TPSA) is 26.7 Å². The normalized spacial score (nSPS) is 25.4. The minimum absolute atomic E-state index is 0.244. The zero-order chi connectivity index (χ0) is 13.1. The molecule has 0 bridgehead atoms. The van der Waals surface area contributed by atoms with Crippen molar-refractivity contribution in [1.29, 1.82) is 0 Å². The molecule has 0 saturated carbocycles. The lowest BCUT2D eigenvalue weighted by Gasteiger charge is -2.45. The van der Waals surface area contributed by atoms with Gasteiger partial charge in [-0.25, -0.2) is 0 Å². The van der Waals surface area contributed by atoms with Crippen LogP contribution in [0.25, 0.3) is 0 Å². The van der Waals surface area contributed by atoms with Crippen LogP contribution in [0.4, 0.5) is 5.69 Å². The van der Waals surface area contributed by atoms with Gasteiger partial charge in [0.25, 0.3) is 0 Å². The Bertz CT molecular complexity index is 399. The average molecular weight is 313 g/mol. The summed E-state index contributed by atoms with van der Waals surface area (Å²) in [5.74, 6) is 0. The molecular formula is C14H21BrN2O. The molecule has 1 aromatic rings. The van der Waals surface area contributed by atoms with Crippen molar-refractivity contribution >= 4 is 21.6 Å². The van der Waals surface area contributed by atoms with Crippen LogP contribution in [-0.2, 0) is 0 Å². The van der Waals surface area contributed by atoms with E-state index in [2.05, 4.69) is 57.9 Å². The molecule has 1 heterocycles. The molecule has 18 heavy (non-hydrogen) atoms. The maximum Gasteiger partial charge on any atom is 0.0514 e. The molecule has 3 nitrogen and oxygen atoms in total. The Morgan fingerprint density at radius 3 is 2.72 bits per heavy atom. The Kier molecular flexibility index (Phi) is 4.65. The molecule has 1 saturated heterocycles. The van der Waals surface area contributed by atoms with Crippen LogP contribution < -0.4 is 4.90 Å². The molecule has 100 valence electrons. The maximum absolute atomic E-state index is 9.25. The Morgan fingerprint density at radius 2 is 2.06 bits per heavy atom. The molecule has 1 aromatic carbocycles. The Hall–Kier alpha value is -0.580. The molecule has 1 fully saturated rings. The molecule has 0 amide bonds. The average Bonchev–Trinajstić information content (AvgIpc) is 2.35. The number of anilines is 1. The summed E-state index contributed by atoms with van der Waals surface area (Å²) < 4.78 is 1.13. The highest BCUT2D eigenvalue weighted by Crippen LogP contribution is 2.30. The third-order valence-corrected chi connectivity index (χ3v) is 4.45. The van der Waals surface area contributed by atoms with E-state index in [9.17, 15) is 5.11 Å². The van der Waals surface area contributed by atoms with Gasteiger partial charge < -0.3 is 10.0 Å². The van der Waals surface area contributed by atoms with Gasteiger partial charge in [0.15, 0.2) is 0 Å². The zero-order valence-electron chi connectivity index (χ0n) is 11.0. The highest BCUT2D eigenvalue weighted by atomic mass is 79.9. The number of aliphatic hydroxyl groups excluding tert-OH is 1. The smallest absolute Gasteiger partial charge is 0.0514 e. The minimum atomic E-state index is 0.244. The summed E-state index contributed by atoms with van der Waals surface area (Å²) in [4.78, 5) is 4.79. The number of para-hydroxylation sites is 1. The highest BCUT2D eigenvalue weighted by molar-refractivity contribution is 9.10. The van der Waals surface area contributed by atoms with Crippen LogP contribution in [0, 0.1) is 0 Å². The van der Waals surface area contributed by atoms with Crippen molar-refractivity contribution in [1.82, 2.24) is 4.90 Å². The SMILES string of the molecule is CC1CN(c2ccccc2Br)C(CCO)CN1C. The lowest BCUT2D eigenvalue weighted by Crippen LogP contribution is -2.56. The summed E-state index contributed by atoms with van der Waals surface area (Å²) in [7, 11) is 2.16. The van der Waals surface area contributed by atoms with Crippen molar-refractivity contribution in [2.24, 2.45) is 0 Å². The molecule has 2 rings (SSSR count). The number of nitrogens with zero attached hydrogens (tertiary/aromatic N) is 2. The monoisotopic (exact) mass is 312 g/mol. The van der Waals surface area contributed by atoms with Gasteiger partial charge in [0.05, 0.1) is 5.69 Å². The van der Waals surface area contributed by atoms with E-state index < -0.39 is 0 Å². The van der Waals surface area contributed by atoms with Gasteiger partial charge in [-0.15, -0.1) is 0 Å². The Morgan fingerprint density at radius 1 is 1.33 bits per heavy atom. The predicted octanol–water partition coefficient (Wildman–Crippen LogP) is 2.34. The molecule has 0 radical (unpaired) electrons. The second-order valence-corrected chi connectivity index (χ2v) is 5.91. The van der Waals surface area contributed by atoms with Crippen LogP contribution >= 0.6 is 15.9 Å². The van der Waals surface area contributed by atoms with E-state index >= 15 is 0 Å². The fourth-order valence-electron chi connectivity index (χ4n) is 2.56. The maximum atomic E-state index is 9.25. The Balaban J connectivity index is 2.25. The predicted molar refractivity (Wildman–Crippen MR) is 79.1 cm³/mol. The summed E-state index contributed by atoms with van der Waals surface area (Å²) in [6, 6.07) is 9.25. The summed E-state index contributed by atoms with van der Waals surface area (Å²) in [5.41, 5.74) is 1.23. The first kappa shape index (κ1) is 13.8. The second-order valence-electron chi connectivity index (χ2n) is 5.06. The highest BCUT2D eigenvalue weighted by Gasteiger charge is 2.30. The quantitative estimate of drug-likeness (QED) is 0.928. The van der Waals surface area contributed by atoms with Crippen molar-refractivity contribution in [3.63, 3.8) is 0 Å². The first-order chi connectivity index (χ1) is 8.63. The minimum Gasteiger partial charge on any atom is -0.396 e. The number of likely N-dealkylation sites (N-methyl/N-ethyl adjacent to an activating group) is 1. The van der Waals surface area contributed by atoms with Crippen molar-refractivity contribution in [3.05, 3.63) is 28.7 Å². The molecule has 1 aliphatic heterocycles. The molecule has 2 atom stereocenters. The van der Waals surface area contributed by atoms with E-state index in [-0.39, 0.29) is 6.61 Å². The van der Waals surface area contributed by atoms with Gasteiger partial charge in [-0.05, 0) is 48.5 Å². The molecule has 0 aliphatic carbocycles. The summed E-state index contributed by atoms with van der Waals surface area (Å²) in [6.07, 6.45) is 0.818. The van der Waals surface area contributed by atoms with E-state index in [1.807, 2.05) is 6.07 Å². The second kappa shape index (κ2) is 6.04. The van der Waals surface area contributed by atoms with Crippen LogP contribution in [0.5, 0.6) is 0 Å². The van der Waals surface area contributed by atoms with E-state index in [1.165, 1.54) is 5.69 Å². The van der Waals surface area contributed by atoms with Crippen LogP contribution in [0.15, 0.2) is 28.7 Å². The van der Waals surface area contributed by atoms with Gasteiger partial charge in [0.2, 0.25) is 0 Å². The fraction of sp³-hybridized carbons (Fsp3) is 0.571. The molecule has 4 heteroatoms. The number of rotatable bonds is 3. The molecule has 1 aliphatic rings. The lowest BCUT2D eigenvalue weighted by molar-refractivity contribution is 0.177. The summed E-state index contributed by atoms with van der Waals surface area (Å²) >= 11 is 3.63. The molecule has 0 spiro atoms. The van der Waals surface area contributed by atoms with Gasteiger partial charge in [0, 0.05) is 36.3 Å². The zero-order valence-corrected chi connectivity index (χ0v) is 12.6.